The van der Waals surface area contributed by atoms with Crippen molar-refractivity contribution in [3.8, 4) is 17.2 Å². The molecular formula is C23H20ClN3O6. The minimum atomic E-state index is -0.710. The second-order valence-corrected chi connectivity index (χ2v) is 6.90. The first-order chi connectivity index (χ1) is 15.9. The molecule has 9 nitrogen and oxygen atoms in total. The molecule has 0 saturated carbocycles. The van der Waals surface area contributed by atoms with Crippen LogP contribution in [0.5, 0.6) is 17.2 Å². The lowest BCUT2D eigenvalue weighted by molar-refractivity contribution is 0.0516. The van der Waals surface area contributed by atoms with Gasteiger partial charge in [-0.15, -0.1) is 0 Å². The second kappa shape index (κ2) is 11.0. The number of benzene rings is 2. The number of rotatable bonds is 7. The van der Waals surface area contributed by atoms with Crippen LogP contribution in [0.4, 0.5) is 0 Å². The molecule has 1 aliphatic rings. The average molecular weight is 470 g/mol. The van der Waals surface area contributed by atoms with Gasteiger partial charge in [-0.3, -0.25) is 4.79 Å². The van der Waals surface area contributed by atoms with Crippen molar-refractivity contribution in [3.63, 3.8) is 0 Å². The van der Waals surface area contributed by atoms with Crippen molar-refractivity contribution in [2.75, 3.05) is 21.3 Å². The molecule has 3 rings (SSSR count). The van der Waals surface area contributed by atoms with Gasteiger partial charge < -0.3 is 19.0 Å². The molecule has 0 spiro atoms. The van der Waals surface area contributed by atoms with E-state index in [1.54, 1.807) is 48.6 Å². The van der Waals surface area contributed by atoms with Gasteiger partial charge in [0.05, 0.1) is 32.6 Å². The normalized spacial score (nSPS) is 12.1. The van der Waals surface area contributed by atoms with E-state index in [0.717, 1.165) is 0 Å². The fourth-order valence-corrected chi connectivity index (χ4v) is 2.84. The van der Waals surface area contributed by atoms with Crippen LogP contribution in [0.15, 0.2) is 71.0 Å². The Morgan fingerprint density at radius 2 is 1.39 bits per heavy atom. The van der Waals surface area contributed by atoms with Crippen molar-refractivity contribution in [1.82, 2.24) is 5.43 Å². The molecule has 1 N–H and O–H groups in total. The van der Waals surface area contributed by atoms with Gasteiger partial charge in [0.25, 0.3) is 5.91 Å². The van der Waals surface area contributed by atoms with E-state index in [9.17, 15) is 9.59 Å². The number of nitrogens with one attached hydrogen (secondary N) is 1. The van der Waals surface area contributed by atoms with Crippen LogP contribution in [0, 0.1) is 0 Å². The van der Waals surface area contributed by atoms with Gasteiger partial charge in [-0.05, 0) is 60.7 Å². The third-order valence-corrected chi connectivity index (χ3v) is 4.63. The Kier molecular flexibility index (Phi) is 7.82. The zero-order valence-corrected chi connectivity index (χ0v) is 18.8. The molecule has 0 heterocycles. The maximum absolute atomic E-state index is 12.4. The number of allylic oxidation sites excluding steroid dienone is 4. The average Bonchev–Trinajstić information content (AvgIpc) is 2.85. The van der Waals surface area contributed by atoms with Crippen LogP contribution < -0.4 is 19.6 Å². The molecule has 10 heteroatoms. The minimum Gasteiger partial charge on any atom is -0.493 e. The molecule has 0 unspecified atom stereocenters. The first kappa shape index (κ1) is 23.6. The summed E-state index contributed by atoms with van der Waals surface area (Å²) >= 11 is 5.81. The summed E-state index contributed by atoms with van der Waals surface area (Å²) in [6.45, 7) is 0. The summed E-state index contributed by atoms with van der Waals surface area (Å²) < 4.78 is 15.7. The summed E-state index contributed by atoms with van der Waals surface area (Å²) in [5.74, 6) is -0.0974. The monoisotopic (exact) mass is 469 g/mol. The van der Waals surface area contributed by atoms with Gasteiger partial charge in [0, 0.05) is 10.6 Å². The standard InChI is InChI=1S/C23H20ClN3O6/c1-30-19-12-15(13-20(31-2)21(19)32-3)23(29)33-27-18-10-8-17(9-11-18)25-26-22(28)14-4-6-16(24)7-5-14/h4-13H,1-3H3,(H,26,28). The number of hydrazone groups is 1. The number of carbonyl (C=O) groups is 2. The van der Waals surface area contributed by atoms with Crippen LogP contribution in [0.1, 0.15) is 20.7 Å². The quantitative estimate of drug-likeness (QED) is 0.375. The summed E-state index contributed by atoms with van der Waals surface area (Å²) in [5.41, 5.74) is 3.90. The predicted molar refractivity (Wildman–Crippen MR) is 124 cm³/mol. The Morgan fingerprint density at radius 3 is 1.94 bits per heavy atom. The molecule has 0 radical (unpaired) electrons. The minimum absolute atomic E-state index is 0.171. The van der Waals surface area contributed by atoms with Crippen molar-refractivity contribution in [2.24, 2.45) is 10.3 Å². The molecule has 0 saturated heterocycles. The maximum atomic E-state index is 12.4. The zero-order valence-electron chi connectivity index (χ0n) is 18.0. The Bertz CT molecular complexity index is 1130. The number of methoxy groups -OCH3 is 3. The number of oxime groups is 1. The van der Waals surface area contributed by atoms with Crippen molar-refractivity contribution < 1.29 is 28.6 Å². The molecule has 0 aromatic heterocycles. The Balaban J connectivity index is 1.62. The van der Waals surface area contributed by atoms with Gasteiger partial charge >= 0.3 is 5.97 Å². The Hall–Kier alpha value is -4.11. The molecule has 0 atom stereocenters. The van der Waals surface area contributed by atoms with Crippen LogP contribution in [-0.4, -0.2) is 44.6 Å². The largest absolute Gasteiger partial charge is 0.493 e. The first-order valence-corrected chi connectivity index (χ1v) is 9.92. The van der Waals surface area contributed by atoms with E-state index < -0.39 is 5.97 Å². The van der Waals surface area contributed by atoms with Crippen LogP contribution in [0.25, 0.3) is 0 Å². The van der Waals surface area contributed by atoms with Gasteiger partial charge in [0.15, 0.2) is 11.5 Å². The smallest absolute Gasteiger partial charge is 0.366 e. The molecule has 1 amide bonds. The van der Waals surface area contributed by atoms with E-state index >= 15 is 0 Å². The molecule has 0 fully saturated rings. The summed E-state index contributed by atoms with van der Waals surface area (Å²) in [7, 11) is 4.36. The number of hydrogen-bond donors (Lipinski definition) is 1. The fraction of sp³-hybridized carbons (Fsp3) is 0.130. The van der Waals surface area contributed by atoms with Crippen LogP contribution in [-0.2, 0) is 4.84 Å². The number of nitrogens with zero attached hydrogens (tertiary/aromatic N) is 2. The highest BCUT2D eigenvalue weighted by molar-refractivity contribution is 6.30. The predicted octanol–water partition coefficient (Wildman–Crippen LogP) is 3.79. The van der Waals surface area contributed by atoms with E-state index in [-0.39, 0.29) is 11.5 Å². The number of ether oxygens (including phenoxy) is 3. The van der Waals surface area contributed by atoms with Gasteiger partial charge in [-0.1, -0.05) is 16.8 Å². The van der Waals surface area contributed by atoms with Crippen molar-refractivity contribution >= 4 is 34.9 Å². The highest BCUT2D eigenvalue weighted by Gasteiger charge is 2.18. The lowest BCUT2D eigenvalue weighted by Gasteiger charge is -2.13. The molecule has 0 aliphatic heterocycles. The SMILES string of the molecule is COc1cc(C(=O)ON=C2C=CC(=NNC(=O)c3ccc(Cl)cc3)C=C2)cc(OC)c1OC. The van der Waals surface area contributed by atoms with Crippen molar-refractivity contribution in [2.45, 2.75) is 0 Å². The third-order valence-electron chi connectivity index (χ3n) is 4.38. The summed E-state index contributed by atoms with van der Waals surface area (Å²) in [5, 5.41) is 8.38. The van der Waals surface area contributed by atoms with E-state index in [1.807, 2.05) is 0 Å². The molecule has 2 aromatic rings. The third kappa shape index (κ3) is 5.98. The summed E-state index contributed by atoms with van der Waals surface area (Å²) in [4.78, 5) is 29.5. The molecule has 33 heavy (non-hydrogen) atoms. The number of hydrogen-bond acceptors (Lipinski definition) is 8. The maximum Gasteiger partial charge on any atom is 0.366 e. The van der Waals surface area contributed by atoms with E-state index in [2.05, 4.69) is 15.7 Å². The van der Waals surface area contributed by atoms with Crippen molar-refractivity contribution in [3.05, 3.63) is 76.9 Å². The summed E-state index contributed by atoms with van der Waals surface area (Å²) in [6.07, 6.45) is 6.37. The van der Waals surface area contributed by atoms with Crippen LogP contribution in [0.2, 0.25) is 5.02 Å². The lowest BCUT2D eigenvalue weighted by Crippen LogP contribution is -2.19. The lowest BCUT2D eigenvalue weighted by atomic mass is 10.1. The number of carbonyl (C=O) groups excluding carboxylic acids is 2. The molecule has 170 valence electrons. The highest BCUT2D eigenvalue weighted by Crippen LogP contribution is 2.38. The first-order valence-electron chi connectivity index (χ1n) is 9.54. The molecular weight excluding hydrogens is 450 g/mol. The van der Waals surface area contributed by atoms with E-state index in [4.69, 9.17) is 30.6 Å². The van der Waals surface area contributed by atoms with Gasteiger partial charge in [0.1, 0.15) is 5.71 Å². The number of halogens is 1. The molecule has 2 aromatic carbocycles. The van der Waals surface area contributed by atoms with E-state index in [1.165, 1.54) is 33.5 Å². The summed E-state index contributed by atoms with van der Waals surface area (Å²) in [6, 6.07) is 9.35. The topological polar surface area (TPSA) is 108 Å². The van der Waals surface area contributed by atoms with Crippen LogP contribution in [0.3, 0.4) is 0 Å². The van der Waals surface area contributed by atoms with Gasteiger partial charge in [-0.2, -0.15) is 5.10 Å². The van der Waals surface area contributed by atoms with Crippen LogP contribution >= 0.6 is 11.6 Å². The van der Waals surface area contributed by atoms with E-state index in [0.29, 0.717) is 39.3 Å². The second-order valence-electron chi connectivity index (χ2n) is 6.46. The Morgan fingerprint density at radius 1 is 0.818 bits per heavy atom. The van der Waals surface area contributed by atoms with Crippen molar-refractivity contribution in [1.29, 1.82) is 0 Å². The fourth-order valence-electron chi connectivity index (χ4n) is 2.71. The molecule has 1 aliphatic carbocycles. The Labute approximate surface area is 194 Å². The van der Waals surface area contributed by atoms with Gasteiger partial charge in [0.2, 0.25) is 5.75 Å². The zero-order chi connectivity index (χ0) is 23.8. The van der Waals surface area contributed by atoms with Gasteiger partial charge in [-0.25, -0.2) is 10.2 Å². The molecule has 0 bridgehead atoms. The highest BCUT2D eigenvalue weighted by atomic mass is 35.5. The number of amides is 1.